The highest BCUT2D eigenvalue weighted by Crippen LogP contribution is 2.11. The summed E-state index contributed by atoms with van der Waals surface area (Å²) in [6.07, 6.45) is 2.12. The molecular weight excluding hydrogens is 280 g/mol. The van der Waals surface area contributed by atoms with Crippen molar-refractivity contribution in [3.05, 3.63) is 45.7 Å². The van der Waals surface area contributed by atoms with Crippen LogP contribution in [0.25, 0.3) is 10.9 Å². The molecule has 0 radical (unpaired) electrons. The first kappa shape index (κ1) is 15.8. The summed E-state index contributed by atoms with van der Waals surface area (Å²) in [6, 6.07) is 5.33. The van der Waals surface area contributed by atoms with E-state index in [1.807, 2.05) is 13.1 Å². The van der Waals surface area contributed by atoms with Crippen molar-refractivity contribution in [2.24, 2.45) is 0 Å². The Kier molecular flexibility index (Phi) is 5.34. The van der Waals surface area contributed by atoms with Crippen molar-refractivity contribution < 1.29 is 9.53 Å². The number of hydrogen-bond acceptors (Lipinski definition) is 4. The van der Waals surface area contributed by atoms with E-state index < -0.39 is 5.97 Å². The maximum absolute atomic E-state index is 12.4. The molecule has 5 heteroatoms. The standard InChI is InChI=1S/C17H18N2O3/c1-3-22-17(21)14-11-19-15-8-7-12(6-4-5-9-18-2)10-13(15)16(14)20/h7-8,10-11,18H,3,5,9H2,1-2H3,(H,19,20). The third kappa shape index (κ3) is 3.54. The lowest BCUT2D eigenvalue weighted by molar-refractivity contribution is 0.0524. The van der Waals surface area contributed by atoms with Crippen molar-refractivity contribution in [3.63, 3.8) is 0 Å². The van der Waals surface area contributed by atoms with Crippen LogP contribution in [0.3, 0.4) is 0 Å². The molecule has 2 rings (SSSR count). The highest BCUT2D eigenvalue weighted by atomic mass is 16.5. The van der Waals surface area contributed by atoms with Crippen LogP contribution in [0.15, 0.2) is 29.2 Å². The van der Waals surface area contributed by atoms with Gasteiger partial charge < -0.3 is 15.0 Å². The molecule has 0 atom stereocenters. The van der Waals surface area contributed by atoms with E-state index in [0.717, 1.165) is 18.5 Å². The van der Waals surface area contributed by atoms with Gasteiger partial charge in [-0.1, -0.05) is 11.8 Å². The van der Waals surface area contributed by atoms with Gasteiger partial charge in [-0.05, 0) is 32.2 Å². The first-order chi connectivity index (χ1) is 10.7. The minimum atomic E-state index is -0.615. The van der Waals surface area contributed by atoms with Crippen molar-refractivity contribution in [1.29, 1.82) is 0 Å². The maximum atomic E-state index is 12.4. The lowest BCUT2D eigenvalue weighted by atomic mass is 10.1. The first-order valence-corrected chi connectivity index (χ1v) is 7.13. The molecule has 1 aromatic carbocycles. The van der Waals surface area contributed by atoms with Crippen LogP contribution in [-0.2, 0) is 4.74 Å². The second-order valence-corrected chi connectivity index (χ2v) is 4.67. The van der Waals surface area contributed by atoms with Gasteiger partial charge in [-0.2, -0.15) is 0 Å². The van der Waals surface area contributed by atoms with E-state index in [-0.39, 0.29) is 17.6 Å². The highest BCUT2D eigenvalue weighted by Gasteiger charge is 2.13. The van der Waals surface area contributed by atoms with Crippen LogP contribution in [0.4, 0.5) is 0 Å². The Morgan fingerprint density at radius 2 is 2.23 bits per heavy atom. The van der Waals surface area contributed by atoms with Crippen molar-refractivity contribution >= 4 is 16.9 Å². The van der Waals surface area contributed by atoms with Gasteiger partial charge in [0.15, 0.2) is 0 Å². The monoisotopic (exact) mass is 298 g/mol. The Balaban J connectivity index is 2.41. The van der Waals surface area contributed by atoms with Crippen LogP contribution in [0.2, 0.25) is 0 Å². The Hall–Kier alpha value is -2.58. The summed E-state index contributed by atoms with van der Waals surface area (Å²) in [4.78, 5) is 27.1. The molecule has 0 saturated carbocycles. The number of carbonyl (C=O) groups is 1. The number of esters is 1. The normalized spacial score (nSPS) is 10.1. The van der Waals surface area contributed by atoms with Gasteiger partial charge >= 0.3 is 5.97 Å². The third-order valence-electron chi connectivity index (χ3n) is 3.11. The van der Waals surface area contributed by atoms with Crippen molar-refractivity contribution in [2.45, 2.75) is 13.3 Å². The van der Waals surface area contributed by atoms with E-state index in [0.29, 0.717) is 10.9 Å². The number of aromatic amines is 1. The number of pyridine rings is 1. The molecule has 1 heterocycles. The van der Waals surface area contributed by atoms with Gasteiger partial charge in [0, 0.05) is 35.6 Å². The summed E-state index contributed by atoms with van der Waals surface area (Å²) in [7, 11) is 1.87. The topological polar surface area (TPSA) is 71.2 Å². The Labute approximate surface area is 128 Å². The van der Waals surface area contributed by atoms with Crippen molar-refractivity contribution in [3.8, 4) is 11.8 Å². The van der Waals surface area contributed by atoms with Crippen LogP contribution >= 0.6 is 0 Å². The number of ether oxygens (including phenoxy) is 1. The molecule has 22 heavy (non-hydrogen) atoms. The first-order valence-electron chi connectivity index (χ1n) is 7.13. The minimum absolute atomic E-state index is 0.00893. The zero-order valence-electron chi connectivity index (χ0n) is 12.7. The average molecular weight is 298 g/mol. The second kappa shape index (κ2) is 7.43. The number of rotatable bonds is 4. The fraction of sp³-hybridized carbons (Fsp3) is 0.294. The van der Waals surface area contributed by atoms with E-state index >= 15 is 0 Å². The van der Waals surface area contributed by atoms with Crippen molar-refractivity contribution in [1.82, 2.24) is 10.3 Å². The number of hydrogen-bond donors (Lipinski definition) is 2. The molecule has 1 aromatic heterocycles. The largest absolute Gasteiger partial charge is 0.462 e. The summed E-state index contributed by atoms with van der Waals surface area (Å²) in [6.45, 7) is 2.74. The molecule has 0 spiro atoms. The zero-order chi connectivity index (χ0) is 15.9. The molecule has 2 N–H and O–H groups in total. The van der Waals surface area contributed by atoms with Crippen LogP contribution in [0.5, 0.6) is 0 Å². The van der Waals surface area contributed by atoms with Crippen LogP contribution < -0.4 is 10.7 Å². The quantitative estimate of drug-likeness (QED) is 0.512. The van der Waals surface area contributed by atoms with E-state index in [2.05, 4.69) is 22.1 Å². The molecule has 5 nitrogen and oxygen atoms in total. The number of benzene rings is 1. The van der Waals surface area contributed by atoms with Crippen molar-refractivity contribution in [2.75, 3.05) is 20.2 Å². The average Bonchev–Trinajstić information content (AvgIpc) is 2.52. The van der Waals surface area contributed by atoms with Gasteiger partial charge in [0.2, 0.25) is 5.43 Å². The molecular formula is C17H18N2O3. The van der Waals surface area contributed by atoms with E-state index in [1.54, 1.807) is 19.1 Å². The summed E-state index contributed by atoms with van der Waals surface area (Å²) in [5, 5.41) is 3.45. The smallest absolute Gasteiger partial charge is 0.343 e. The maximum Gasteiger partial charge on any atom is 0.343 e. The Morgan fingerprint density at radius 1 is 1.41 bits per heavy atom. The number of aromatic nitrogens is 1. The molecule has 114 valence electrons. The van der Waals surface area contributed by atoms with Gasteiger partial charge in [0.1, 0.15) is 5.56 Å². The number of carbonyl (C=O) groups excluding carboxylic acids is 1. The number of fused-ring (bicyclic) bond motifs is 1. The SMILES string of the molecule is CCOC(=O)c1c[nH]c2ccc(C#CCCNC)cc2c1=O. The number of nitrogens with one attached hydrogen (secondary N) is 2. The molecule has 0 aliphatic carbocycles. The van der Waals surface area contributed by atoms with Gasteiger partial charge in [-0.3, -0.25) is 4.79 Å². The fourth-order valence-electron chi connectivity index (χ4n) is 2.01. The van der Waals surface area contributed by atoms with Gasteiger partial charge in [-0.15, -0.1) is 0 Å². The van der Waals surface area contributed by atoms with E-state index in [1.165, 1.54) is 6.20 Å². The zero-order valence-corrected chi connectivity index (χ0v) is 12.7. The van der Waals surface area contributed by atoms with Gasteiger partial charge in [0.25, 0.3) is 0 Å². The minimum Gasteiger partial charge on any atom is -0.462 e. The molecule has 0 aliphatic rings. The Bertz CT molecular complexity index is 797. The molecule has 0 amide bonds. The van der Waals surface area contributed by atoms with E-state index in [9.17, 15) is 9.59 Å². The predicted octanol–water partition coefficient (Wildman–Crippen LogP) is 1.67. The van der Waals surface area contributed by atoms with Crippen LogP contribution in [0.1, 0.15) is 29.3 Å². The van der Waals surface area contributed by atoms with Crippen LogP contribution in [0, 0.1) is 11.8 Å². The van der Waals surface area contributed by atoms with Crippen LogP contribution in [-0.4, -0.2) is 31.2 Å². The molecule has 0 saturated heterocycles. The lowest BCUT2D eigenvalue weighted by Crippen LogP contribution is -2.18. The van der Waals surface area contributed by atoms with Gasteiger partial charge in [-0.25, -0.2) is 4.79 Å². The third-order valence-corrected chi connectivity index (χ3v) is 3.11. The second-order valence-electron chi connectivity index (χ2n) is 4.67. The summed E-state index contributed by atoms with van der Waals surface area (Å²) in [5.74, 6) is 5.43. The predicted molar refractivity (Wildman–Crippen MR) is 85.9 cm³/mol. The molecule has 0 fully saturated rings. The van der Waals surface area contributed by atoms with Gasteiger partial charge in [0.05, 0.1) is 6.61 Å². The fourth-order valence-corrected chi connectivity index (χ4v) is 2.01. The molecule has 0 unspecified atom stereocenters. The summed E-state index contributed by atoms with van der Waals surface area (Å²) < 4.78 is 4.89. The molecule has 0 bridgehead atoms. The molecule has 2 aromatic rings. The lowest BCUT2D eigenvalue weighted by Gasteiger charge is -2.03. The Morgan fingerprint density at radius 3 is 2.95 bits per heavy atom. The van der Waals surface area contributed by atoms with E-state index in [4.69, 9.17) is 4.74 Å². The number of H-pyrrole nitrogens is 1. The molecule has 0 aliphatic heterocycles. The summed E-state index contributed by atoms with van der Waals surface area (Å²) >= 11 is 0. The highest BCUT2D eigenvalue weighted by molar-refractivity contribution is 5.93. The summed E-state index contributed by atoms with van der Waals surface area (Å²) in [5.41, 5.74) is 1.08.